The molecule has 1 N–H and O–H groups in total. The number of para-hydroxylation sites is 1. The Labute approximate surface area is 153 Å². The number of nitrogens with one attached hydrogen (secondary N) is 1. The van der Waals surface area contributed by atoms with E-state index in [0.717, 1.165) is 49.7 Å². The molecule has 0 atom stereocenters. The van der Waals surface area contributed by atoms with Crippen LogP contribution in [0.4, 0.5) is 5.69 Å². The lowest BCUT2D eigenvalue weighted by Crippen LogP contribution is -2.46. The summed E-state index contributed by atoms with van der Waals surface area (Å²) in [5, 5.41) is 2.95. The number of thioether (sulfide) groups is 1. The summed E-state index contributed by atoms with van der Waals surface area (Å²) in [4.78, 5) is 31.8. The first kappa shape index (κ1) is 18.2. The third kappa shape index (κ3) is 4.96. The van der Waals surface area contributed by atoms with Crippen LogP contribution in [0.2, 0.25) is 0 Å². The molecule has 0 radical (unpaired) electrons. The summed E-state index contributed by atoms with van der Waals surface area (Å²) in [6.45, 7) is 6.19. The fourth-order valence-corrected chi connectivity index (χ4v) is 4.06. The van der Waals surface area contributed by atoms with E-state index >= 15 is 0 Å². The SMILES string of the molecule is CN1CCN(CCCNC(=O)CN2C(=O)CSc3ccccc32)CC1. The predicted octanol–water partition coefficient (Wildman–Crippen LogP) is 0.879. The molecule has 0 spiro atoms. The average molecular weight is 362 g/mol. The monoisotopic (exact) mass is 362 g/mol. The van der Waals surface area contributed by atoms with Crippen molar-refractivity contribution in [3.05, 3.63) is 24.3 Å². The average Bonchev–Trinajstić information content (AvgIpc) is 2.63. The molecule has 2 aliphatic heterocycles. The van der Waals surface area contributed by atoms with E-state index in [4.69, 9.17) is 0 Å². The smallest absolute Gasteiger partial charge is 0.240 e. The zero-order chi connectivity index (χ0) is 17.6. The van der Waals surface area contributed by atoms with E-state index in [1.807, 2.05) is 24.3 Å². The minimum atomic E-state index is -0.0894. The number of fused-ring (bicyclic) bond motifs is 1. The fourth-order valence-electron chi connectivity index (χ4n) is 3.13. The molecule has 25 heavy (non-hydrogen) atoms. The summed E-state index contributed by atoms with van der Waals surface area (Å²) >= 11 is 1.53. The molecule has 0 aromatic heterocycles. The lowest BCUT2D eigenvalue weighted by molar-refractivity contribution is -0.123. The summed E-state index contributed by atoms with van der Waals surface area (Å²) in [5.74, 6) is 0.304. The molecule has 0 unspecified atom stereocenters. The highest BCUT2D eigenvalue weighted by molar-refractivity contribution is 8.00. The van der Waals surface area contributed by atoms with E-state index in [1.54, 1.807) is 4.90 Å². The highest BCUT2D eigenvalue weighted by atomic mass is 32.2. The van der Waals surface area contributed by atoms with Crippen molar-refractivity contribution >= 4 is 29.3 Å². The number of benzene rings is 1. The van der Waals surface area contributed by atoms with Crippen LogP contribution in [0.15, 0.2) is 29.2 Å². The van der Waals surface area contributed by atoms with Gasteiger partial charge in [0.1, 0.15) is 6.54 Å². The maximum Gasteiger partial charge on any atom is 0.240 e. The van der Waals surface area contributed by atoms with Crippen LogP contribution < -0.4 is 10.2 Å². The minimum Gasteiger partial charge on any atom is -0.355 e. The lowest BCUT2D eigenvalue weighted by atomic mass is 10.2. The number of hydrogen-bond acceptors (Lipinski definition) is 5. The second kappa shape index (κ2) is 8.69. The van der Waals surface area contributed by atoms with Crippen LogP contribution in [0, 0.1) is 0 Å². The Hall–Kier alpha value is -1.57. The molecule has 2 heterocycles. The van der Waals surface area contributed by atoms with Gasteiger partial charge in [-0.2, -0.15) is 0 Å². The number of hydrogen-bond donors (Lipinski definition) is 1. The van der Waals surface area contributed by atoms with Gasteiger partial charge in [-0.15, -0.1) is 11.8 Å². The Morgan fingerprint density at radius 3 is 2.76 bits per heavy atom. The normalized spacial score (nSPS) is 18.9. The number of piperazine rings is 1. The second-order valence-electron chi connectivity index (χ2n) is 6.58. The van der Waals surface area contributed by atoms with Crippen LogP contribution in [0.25, 0.3) is 0 Å². The molecule has 0 bridgehead atoms. The standard InChI is InChI=1S/C18H26N4O2S/c1-20-9-11-21(12-10-20)8-4-7-19-17(23)13-22-15-5-2-3-6-16(15)25-14-18(22)24/h2-3,5-6H,4,7-14H2,1H3,(H,19,23). The third-order valence-electron chi connectivity index (χ3n) is 4.68. The van der Waals surface area contributed by atoms with Gasteiger partial charge in [0.05, 0.1) is 11.4 Å². The van der Waals surface area contributed by atoms with Gasteiger partial charge in [0.2, 0.25) is 11.8 Å². The first-order valence-electron chi connectivity index (χ1n) is 8.83. The van der Waals surface area contributed by atoms with Crippen LogP contribution in [0.1, 0.15) is 6.42 Å². The molecule has 7 heteroatoms. The molecule has 136 valence electrons. The number of rotatable bonds is 6. The van der Waals surface area contributed by atoms with Crippen molar-refractivity contribution in [1.29, 1.82) is 0 Å². The van der Waals surface area contributed by atoms with E-state index in [1.165, 1.54) is 11.8 Å². The van der Waals surface area contributed by atoms with Crippen molar-refractivity contribution in [2.75, 3.05) is 63.5 Å². The quantitative estimate of drug-likeness (QED) is 0.762. The van der Waals surface area contributed by atoms with Gasteiger partial charge in [-0.25, -0.2) is 0 Å². The molecule has 0 aliphatic carbocycles. The van der Waals surface area contributed by atoms with E-state index in [9.17, 15) is 9.59 Å². The van der Waals surface area contributed by atoms with Crippen LogP contribution in [0.3, 0.4) is 0 Å². The molecule has 1 fully saturated rings. The number of likely N-dealkylation sites (N-methyl/N-ethyl adjacent to an activating group) is 1. The van der Waals surface area contributed by atoms with Gasteiger partial charge < -0.3 is 20.0 Å². The number of amides is 2. The van der Waals surface area contributed by atoms with E-state index in [-0.39, 0.29) is 18.4 Å². The van der Waals surface area contributed by atoms with Gasteiger partial charge in [0, 0.05) is 37.6 Å². The number of nitrogens with zero attached hydrogens (tertiary/aromatic N) is 3. The number of carbonyl (C=O) groups is 2. The van der Waals surface area contributed by atoms with Crippen molar-refractivity contribution in [2.45, 2.75) is 11.3 Å². The van der Waals surface area contributed by atoms with Crippen molar-refractivity contribution in [2.24, 2.45) is 0 Å². The Balaban J connectivity index is 1.41. The topological polar surface area (TPSA) is 55.9 Å². The summed E-state index contributed by atoms with van der Waals surface area (Å²) in [7, 11) is 2.15. The summed E-state index contributed by atoms with van der Waals surface area (Å²) in [5.41, 5.74) is 0.844. The van der Waals surface area contributed by atoms with Gasteiger partial charge in [-0.3, -0.25) is 9.59 Å². The van der Waals surface area contributed by atoms with E-state index < -0.39 is 0 Å². The molecule has 1 aromatic rings. The Morgan fingerprint density at radius 1 is 1.20 bits per heavy atom. The summed E-state index contributed by atoms with van der Waals surface area (Å²) in [6, 6.07) is 7.75. The highest BCUT2D eigenvalue weighted by Gasteiger charge is 2.26. The summed E-state index contributed by atoms with van der Waals surface area (Å²) < 4.78 is 0. The lowest BCUT2D eigenvalue weighted by Gasteiger charge is -2.32. The minimum absolute atomic E-state index is 0.00344. The van der Waals surface area contributed by atoms with Crippen molar-refractivity contribution in [3.8, 4) is 0 Å². The number of carbonyl (C=O) groups excluding carboxylic acids is 2. The maximum atomic E-state index is 12.2. The number of anilines is 1. The molecular formula is C18H26N4O2S. The molecular weight excluding hydrogens is 336 g/mol. The zero-order valence-corrected chi connectivity index (χ0v) is 15.6. The first-order valence-corrected chi connectivity index (χ1v) is 9.82. The Morgan fingerprint density at radius 2 is 1.96 bits per heavy atom. The molecule has 3 rings (SSSR count). The third-order valence-corrected chi connectivity index (χ3v) is 5.73. The van der Waals surface area contributed by atoms with Gasteiger partial charge in [-0.1, -0.05) is 12.1 Å². The Kier molecular flexibility index (Phi) is 6.34. The van der Waals surface area contributed by atoms with Crippen LogP contribution in [-0.4, -0.2) is 80.2 Å². The van der Waals surface area contributed by atoms with Crippen molar-refractivity contribution in [3.63, 3.8) is 0 Å². The Bertz CT molecular complexity index is 617. The summed E-state index contributed by atoms with van der Waals surface area (Å²) in [6.07, 6.45) is 0.940. The second-order valence-corrected chi connectivity index (χ2v) is 7.60. The molecule has 2 amide bonds. The predicted molar refractivity (Wildman–Crippen MR) is 101 cm³/mol. The zero-order valence-electron chi connectivity index (χ0n) is 14.7. The largest absolute Gasteiger partial charge is 0.355 e. The molecule has 1 aromatic carbocycles. The van der Waals surface area contributed by atoms with Gasteiger partial charge in [0.25, 0.3) is 0 Å². The fraction of sp³-hybridized carbons (Fsp3) is 0.556. The van der Waals surface area contributed by atoms with Gasteiger partial charge >= 0.3 is 0 Å². The molecule has 6 nitrogen and oxygen atoms in total. The van der Waals surface area contributed by atoms with E-state index in [2.05, 4.69) is 22.2 Å². The first-order chi connectivity index (χ1) is 12.1. The van der Waals surface area contributed by atoms with E-state index in [0.29, 0.717) is 12.3 Å². The van der Waals surface area contributed by atoms with Gasteiger partial charge in [-0.05, 0) is 32.1 Å². The van der Waals surface area contributed by atoms with Crippen LogP contribution in [0.5, 0.6) is 0 Å². The van der Waals surface area contributed by atoms with Crippen LogP contribution in [-0.2, 0) is 9.59 Å². The molecule has 2 aliphatic rings. The maximum absolute atomic E-state index is 12.2. The molecule has 0 saturated carbocycles. The van der Waals surface area contributed by atoms with Crippen molar-refractivity contribution in [1.82, 2.24) is 15.1 Å². The molecule has 1 saturated heterocycles. The van der Waals surface area contributed by atoms with Crippen LogP contribution >= 0.6 is 11.8 Å². The van der Waals surface area contributed by atoms with Gasteiger partial charge in [0.15, 0.2) is 0 Å². The highest BCUT2D eigenvalue weighted by Crippen LogP contribution is 2.34. The van der Waals surface area contributed by atoms with Crippen molar-refractivity contribution < 1.29 is 9.59 Å².